The van der Waals surface area contributed by atoms with Crippen LogP contribution in [0.2, 0.25) is 5.02 Å². The summed E-state index contributed by atoms with van der Waals surface area (Å²) in [6, 6.07) is 24.8. The maximum absolute atomic E-state index is 13.3. The average molecular weight is 416 g/mol. The molecule has 0 saturated carbocycles. The number of hydrogen-bond acceptors (Lipinski definition) is 4. The van der Waals surface area contributed by atoms with Crippen LogP contribution in [0.25, 0.3) is 16.3 Å². The number of benzene rings is 3. The molecule has 29 heavy (non-hydrogen) atoms. The number of anilines is 1. The van der Waals surface area contributed by atoms with Gasteiger partial charge in [-0.1, -0.05) is 77.5 Å². The summed E-state index contributed by atoms with van der Waals surface area (Å²) in [5, 5.41) is 1.26. The molecule has 4 nitrogen and oxygen atoms in total. The molecule has 0 saturated heterocycles. The molecule has 140 valence electrons. The van der Waals surface area contributed by atoms with Gasteiger partial charge in [0, 0.05) is 10.6 Å². The Balaban J connectivity index is 1.63. The largest absolute Gasteiger partial charge is 0.284 e. The van der Waals surface area contributed by atoms with Crippen molar-refractivity contribution in [3.05, 3.63) is 101 Å². The topological polar surface area (TPSA) is 45.6 Å². The van der Waals surface area contributed by atoms with Crippen LogP contribution in [0.4, 0.5) is 5.13 Å². The molecule has 6 heteroatoms. The van der Waals surface area contributed by atoms with E-state index in [1.807, 2.05) is 66.7 Å². The van der Waals surface area contributed by atoms with E-state index in [0.29, 0.717) is 21.7 Å². The predicted octanol–water partition coefficient (Wildman–Crippen LogP) is 5.78. The average Bonchev–Trinajstić information content (AvgIpc) is 3.31. The summed E-state index contributed by atoms with van der Waals surface area (Å²) in [4.78, 5) is 24.3. The normalized spacial score (nSPS) is 15.3. The lowest BCUT2D eigenvalue weighted by molar-refractivity contribution is -0.113. The maximum Gasteiger partial charge on any atom is 0.284 e. The Morgan fingerprint density at radius 2 is 1.62 bits per heavy atom. The number of carbonyl (C=O) groups is 1. The number of nitrogens with zero attached hydrogens (tertiary/aromatic N) is 3. The lowest BCUT2D eigenvalue weighted by Crippen LogP contribution is -2.32. The van der Waals surface area contributed by atoms with Gasteiger partial charge in [0.05, 0.1) is 10.2 Å². The number of halogens is 1. The van der Waals surface area contributed by atoms with Gasteiger partial charge in [0.1, 0.15) is 11.5 Å². The summed E-state index contributed by atoms with van der Waals surface area (Å²) in [7, 11) is 0. The fraction of sp³-hybridized carbons (Fsp3) is 0. The van der Waals surface area contributed by atoms with E-state index in [4.69, 9.17) is 11.6 Å². The molecule has 4 aromatic rings. The first-order valence-electron chi connectivity index (χ1n) is 9.00. The highest BCUT2D eigenvalue weighted by atomic mass is 35.5. The molecule has 3 aromatic carbocycles. The van der Waals surface area contributed by atoms with E-state index in [1.54, 1.807) is 23.1 Å². The fourth-order valence-electron chi connectivity index (χ4n) is 3.15. The van der Waals surface area contributed by atoms with Crippen molar-refractivity contribution in [2.75, 3.05) is 4.90 Å². The van der Waals surface area contributed by atoms with E-state index in [1.165, 1.54) is 11.3 Å². The summed E-state index contributed by atoms with van der Waals surface area (Å²) < 4.78 is 1.03. The van der Waals surface area contributed by atoms with Gasteiger partial charge in [0.25, 0.3) is 5.91 Å². The van der Waals surface area contributed by atoms with Crippen LogP contribution in [-0.2, 0) is 4.79 Å². The quantitative estimate of drug-likeness (QED) is 0.398. The number of fused-ring (bicyclic) bond motifs is 1. The Hall–Kier alpha value is -3.28. The molecular weight excluding hydrogens is 402 g/mol. The van der Waals surface area contributed by atoms with Gasteiger partial charge in [0.15, 0.2) is 5.13 Å². The number of amidine groups is 1. The van der Waals surface area contributed by atoms with Crippen LogP contribution < -0.4 is 4.90 Å². The van der Waals surface area contributed by atoms with E-state index < -0.39 is 0 Å². The molecule has 5 rings (SSSR count). The molecule has 0 aliphatic carbocycles. The molecule has 0 radical (unpaired) electrons. The lowest BCUT2D eigenvalue weighted by Gasteiger charge is -2.14. The second-order valence-corrected chi connectivity index (χ2v) is 7.93. The van der Waals surface area contributed by atoms with Gasteiger partial charge in [-0.25, -0.2) is 14.9 Å². The Bertz CT molecular complexity index is 1240. The zero-order valence-corrected chi connectivity index (χ0v) is 16.7. The Labute approximate surface area is 176 Å². The third-order valence-corrected chi connectivity index (χ3v) is 5.81. The standard InChI is InChI=1S/C23H14ClN3OS/c24-17-12-10-15(11-13-17)14-19-22(28)27(21(25-19)16-6-2-1-3-7-16)23-26-18-8-4-5-9-20(18)29-23/h1-14H/b19-14+. The number of amides is 1. The van der Waals surface area contributed by atoms with Crippen molar-refractivity contribution in [3.63, 3.8) is 0 Å². The van der Waals surface area contributed by atoms with E-state index in [0.717, 1.165) is 21.3 Å². The molecule has 1 aliphatic rings. The highest BCUT2D eigenvalue weighted by Crippen LogP contribution is 2.34. The second-order valence-electron chi connectivity index (χ2n) is 6.49. The van der Waals surface area contributed by atoms with E-state index in [9.17, 15) is 4.79 Å². The number of aromatic nitrogens is 1. The lowest BCUT2D eigenvalue weighted by atomic mass is 10.2. The van der Waals surface area contributed by atoms with Crippen LogP contribution >= 0.6 is 22.9 Å². The van der Waals surface area contributed by atoms with Crippen molar-refractivity contribution in [2.24, 2.45) is 4.99 Å². The zero-order chi connectivity index (χ0) is 19.8. The second kappa shape index (κ2) is 7.28. The van der Waals surface area contributed by atoms with Crippen LogP contribution in [0.5, 0.6) is 0 Å². The molecule has 0 bridgehead atoms. The first-order valence-corrected chi connectivity index (χ1v) is 10.2. The molecule has 1 amide bonds. The van der Waals surface area contributed by atoms with Gasteiger partial charge in [0.2, 0.25) is 0 Å². The van der Waals surface area contributed by atoms with Gasteiger partial charge < -0.3 is 0 Å². The van der Waals surface area contributed by atoms with Gasteiger partial charge in [-0.15, -0.1) is 0 Å². The minimum atomic E-state index is -0.196. The Morgan fingerprint density at radius 3 is 2.38 bits per heavy atom. The first kappa shape index (κ1) is 17.8. The molecule has 0 atom stereocenters. The number of hydrogen-bond donors (Lipinski definition) is 0. The highest BCUT2D eigenvalue weighted by Gasteiger charge is 2.34. The van der Waals surface area contributed by atoms with Crippen LogP contribution in [0.3, 0.4) is 0 Å². The maximum atomic E-state index is 13.3. The monoisotopic (exact) mass is 415 g/mol. The van der Waals surface area contributed by atoms with E-state index in [2.05, 4.69) is 9.98 Å². The van der Waals surface area contributed by atoms with Crippen LogP contribution in [-0.4, -0.2) is 16.7 Å². The summed E-state index contributed by atoms with van der Waals surface area (Å²) in [5.74, 6) is 0.382. The van der Waals surface area contributed by atoms with Crippen molar-refractivity contribution < 1.29 is 4.79 Å². The van der Waals surface area contributed by atoms with Crippen molar-refractivity contribution in [3.8, 4) is 0 Å². The fourth-order valence-corrected chi connectivity index (χ4v) is 4.24. The van der Waals surface area contributed by atoms with Gasteiger partial charge in [-0.05, 0) is 35.9 Å². The summed E-state index contributed by atoms with van der Waals surface area (Å²) >= 11 is 7.45. The summed E-state index contributed by atoms with van der Waals surface area (Å²) in [6.45, 7) is 0. The van der Waals surface area contributed by atoms with E-state index >= 15 is 0 Å². The SMILES string of the molecule is O=C1/C(=C\c2ccc(Cl)cc2)N=C(c2ccccc2)N1c1nc2ccccc2s1. The molecular formula is C23H14ClN3OS. The summed E-state index contributed by atoms with van der Waals surface area (Å²) in [5.41, 5.74) is 2.95. The summed E-state index contributed by atoms with van der Waals surface area (Å²) in [6.07, 6.45) is 1.77. The van der Waals surface area contributed by atoms with Gasteiger partial charge in [-0.3, -0.25) is 4.79 Å². The van der Waals surface area contributed by atoms with Crippen molar-refractivity contribution in [2.45, 2.75) is 0 Å². The van der Waals surface area contributed by atoms with Gasteiger partial charge in [-0.2, -0.15) is 0 Å². The first-order chi connectivity index (χ1) is 14.2. The molecule has 1 aliphatic heterocycles. The molecule has 0 spiro atoms. The minimum absolute atomic E-state index is 0.196. The van der Waals surface area contributed by atoms with Crippen molar-refractivity contribution in [1.29, 1.82) is 0 Å². The Morgan fingerprint density at radius 1 is 0.897 bits per heavy atom. The number of thiazole rings is 1. The third-order valence-electron chi connectivity index (χ3n) is 4.54. The zero-order valence-electron chi connectivity index (χ0n) is 15.1. The number of rotatable bonds is 3. The molecule has 0 fully saturated rings. The predicted molar refractivity (Wildman–Crippen MR) is 120 cm³/mol. The number of para-hydroxylation sites is 1. The molecule has 0 N–H and O–H groups in total. The highest BCUT2D eigenvalue weighted by molar-refractivity contribution is 7.22. The third kappa shape index (κ3) is 3.35. The van der Waals surface area contributed by atoms with Gasteiger partial charge >= 0.3 is 0 Å². The van der Waals surface area contributed by atoms with Crippen molar-refractivity contribution >= 4 is 56.1 Å². The molecule has 0 unspecified atom stereocenters. The van der Waals surface area contributed by atoms with E-state index in [-0.39, 0.29) is 5.91 Å². The van der Waals surface area contributed by atoms with Crippen molar-refractivity contribution in [1.82, 2.24) is 4.98 Å². The van der Waals surface area contributed by atoms with Crippen LogP contribution in [0.1, 0.15) is 11.1 Å². The number of aliphatic imine (C=N–C) groups is 1. The number of carbonyl (C=O) groups excluding carboxylic acids is 1. The molecule has 1 aromatic heterocycles. The van der Waals surface area contributed by atoms with Crippen LogP contribution in [0.15, 0.2) is 89.6 Å². The smallest absolute Gasteiger partial charge is 0.266 e. The Kier molecular flexibility index (Phi) is 4.46. The van der Waals surface area contributed by atoms with Crippen LogP contribution in [0, 0.1) is 0 Å². The minimum Gasteiger partial charge on any atom is -0.266 e. The molecule has 2 heterocycles.